The van der Waals surface area contributed by atoms with E-state index in [1.807, 2.05) is 0 Å². The van der Waals surface area contributed by atoms with E-state index in [2.05, 4.69) is 15.5 Å². The zero-order valence-electron chi connectivity index (χ0n) is 17.2. The number of nitrogens with one attached hydrogen (secondary N) is 1. The van der Waals surface area contributed by atoms with E-state index >= 15 is 0 Å². The molecule has 1 aliphatic rings. The van der Waals surface area contributed by atoms with E-state index in [4.69, 9.17) is 4.74 Å². The van der Waals surface area contributed by atoms with Crippen molar-refractivity contribution in [2.75, 3.05) is 18.5 Å². The summed E-state index contributed by atoms with van der Waals surface area (Å²) in [6, 6.07) is 4.83. The third kappa shape index (κ3) is 4.14. The lowest BCUT2D eigenvalue weighted by Gasteiger charge is -2.25. The van der Waals surface area contributed by atoms with E-state index in [-0.39, 0.29) is 17.2 Å². The van der Waals surface area contributed by atoms with Crippen LogP contribution in [-0.2, 0) is 4.74 Å². The Morgan fingerprint density at radius 3 is 2.58 bits per heavy atom. The fraction of sp³-hybridized carbons (Fsp3) is 0.409. The predicted octanol–water partition coefficient (Wildman–Crippen LogP) is 4.70. The lowest BCUT2D eigenvalue weighted by Crippen LogP contribution is -2.28. The lowest BCUT2D eigenvalue weighted by atomic mass is 10.0. The van der Waals surface area contributed by atoms with Gasteiger partial charge in [-0.1, -0.05) is 18.2 Å². The van der Waals surface area contributed by atoms with Gasteiger partial charge in [0.05, 0.1) is 17.3 Å². The number of anilines is 1. The maximum absolute atomic E-state index is 14.6. The molecule has 0 aliphatic carbocycles. The van der Waals surface area contributed by atoms with Gasteiger partial charge in [0, 0.05) is 47.9 Å². The van der Waals surface area contributed by atoms with Crippen molar-refractivity contribution in [3.05, 3.63) is 63.5 Å². The number of ether oxygens (including phenoxy) is 1. The smallest absolute Gasteiger partial charge is 0.266 e. The molecule has 6 nitrogen and oxygen atoms in total. The number of aryl methyl sites for hydroxylation is 1. The molecule has 2 aromatic heterocycles. The van der Waals surface area contributed by atoms with Gasteiger partial charge < -0.3 is 14.6 Å². The minimum absolute atomic E-state index is 0.0181. The van der Waals surface area contributed by atoms with Gasteiger partial charge in [0.25, 0.3) is 12.0 Å². The highest BCUT2D eigenvalue weighted by molar-refractivity contribution is 5.92. The minimum atomic E-state index is -2.90. The molecule has 0 amide bonds. The molecule has 1 saturated heterocycles. The highest BCUT2D eigenvalue weighted by Crippen LogP contribution is 2.31. The zero-order valence-corrected chi connectivity index (χ0v) is 17.2. The highest BCUT2D eigenvalue weighted by atomic mass is 19.3. The van der Waals surface area contributed by atoms with Crippen LogP contribution in [0.5, 0.6) is 0 Å². The number of halogens is 3. The fourth-order valence-corrected chi connectivity index (χ4v) is 3.98. The number of rotatable bonds is 5. The van der Waals surface area contributed by atoms with Gasteiger partial charge in [-0.3, -0.25) is 4.79 Å². The van der Waals surface area contributed by atoms with E-state index in [0.29, 0.717) is 35.5 Å². The molecule has 0 spiro atoms. The monoisotopic (exact) mass is 432 g/mol. The van der Waals surface area contributed by atoms with Crippen molar-refractivity contribution < 1.29 is 17.9 Å². The first-order valence-electron chi connectivity index (χ1n) is 10.2. The summed E-state index contributed by atoms with van der Waals surface area (Å²) in [5.74, 6) is -0.586. The standard InChI is InChI=1S/C22H23F3N4O2/c1-12(15-4-3-5-16(20(15)23)21(24)25)26-22-18-11-29(14-6-8-31-9-7-14)19(30)10-17(18)13(2)27-28-22/h3-5,10-12,14,21H,6-9H2,1-2H3,(H,26,28)/t12-/m1/s1. The lowest BCUT2D eigenvalue weighted by molar-refractivity contribution is 0.0688. The molecule has 1 N–H and O–H groups in total. The van der Waals surface area contributed by atoms with Gasteiger partial charge in [-0.15, -0.1) is 5.10 Å². The van der Waals surface area contributed by atoms with Gasteiger partial charge >= 0.3 is 0 Å². The van der Waals surface area contributed by atoms with Crippen LogP contribution in [0, 0.1) is 12.7 Å². The Labute approximate surface area is 177 Å². The summed E-state index contributed by atoms with van der Waals surface area (Å²) in [6.07, 6.45) is 0.304. The second-order valence-corrected chi connectivity index (χ2v) is 7.74. The van der Waals surface area contributed by atoms with Gasteiger partial charge in [-0.2, -0.15) is 5.10 Å². The molecule has 1 aromatic carbocycles. The summed E-state index contributed by atoms with van der Waals surface area (Å²) in [6.45, 7) is 4.59. The molecule has 0 unspecified atom stereocenters. The molecule has 3 aromatic rings. The van der Waals surface area contributed by atoms with Crippen molar-refractivity contribution in [3.63, 3.8) is 0 Å². The average molecular weight is 432 g/mol. The second kappa shape index (κ2) is 8.66. The number of pyridine rings is 1. The quantitative estimate of drug-likeness (QED) is 0.633. The van der Waals surface area contributed by atoms with E-state index in [0.717, 1.165) is 18.9 Å². The second-order valence-electron chi connectivity index (χ2n) is 7.74. The van der Waals surface area contributed by atoms with Crippen LogP contribution in [0.3, 0.4) is 0 Å². The zero-order chi connectivity index (χ0) is 22.1. The number of nitrogens with zero attached hydrogens (tertiary/aromatic N) is 3. The first-order valence-corrected chi connectivity index (χ1v) is 10.2. The van der Waals surface area contributed by atoms with Crippen LogP contribution in [0.1, 0.15) is 55.1 Å². The molecule has 1 aliphatic heterocycles. The molecule has 0 radical (unpaired) electrons. The number of hydrogen-bond acceptors (Lipinski definition) is 5. The van der Waals surface area contributed by atoms with E-state index in [1.54, 1.807) is 24.6 Å². The Morgan fingerprint density at radius 2 is 1.87 bits per heavy atom. The van der Waals surface area contributed by atoms with Gasteiger partial charge in [0.15, 0.2) is 5.82 Å². The van der Waals surface area contributed by atoms with Gasteiger partial charge in [0.2, 0.25) is 0 Å². The molecule has 9 heteroatoms. The van der Waals surface area contributed by atoms with Gasteiger partial charge in [-0.25, -0.2) is 13.2 Å². The SMILES string of the molecule is Cc1nnc(N[C@H](C)c2cccc(C(F)F)c2F)c2cn(C3CCOCC3)c(=O)cc12. The van der Waals surface area contributed by atoms with E-state index < -0.39 is 23.8 Å². The molecule has 31 heavy (non-hydrogen) atoms. The third-order valence-electron chi connectivity index (χ3n) is 5.72. The Hall–Kier alpha value is -2.94. The first-order chi connectivity index (χ1) is 14.9. The third-order valence-corrected chi connectivity index (χ3v) is 5.72. The molecule has 0 saturated carbocycles. The fourth-order valence-electron chi connectivity index (χ4n) is 3.98. The van der Waals surface area contributed by atoms with Crippen molar-refractivity contribution in [2.45, 2.75) is 45.2 Å². The summed E-state index contributed by atoms with van der Waals surface area (Å²) in [5.41, 5.74) is -0.0779. The predicted molar refractivity (Wildman–Crippen MR) is 111 cm³/mol. The maximum Gasteiger partial charge on any atom is 0.266 e. The van der Waals surface area contributed by atoms with Crippen LogP contribution in [0.15, 0.2) is 35.3 Å². The minimum Gasteiger partial charge on any atom is -0.381 e. The molecule has 164 valence electrons. The number of aromatic nitrogens is 3. The Morgan fingerprint density at radius 1 is 1.16 bits per heavy atom. The molecule has 3 heterocycles. The van der Waals surface area contributed by atoms with Crippen LogP contribution in [0.25, 0.3) is 10.8 Å². The summed E-state index contributed by atoms with van der Waals surface area (Å²) in [4.78, 5) is 12.7. The maximum atomic E-state index is 14.6. The number of fused-ring (bicyclic) bond motifs is 1. The van der Waals surface area contributed by atoms with Crippen molar-refractivity contribution in [1.29, 1.82) is 0 Å². The summed E-state index contributed by atoms with van der Waals surface area (Å²) >= 11 is 0. The van der Waals surface area contributed by atoms with Crippen LogP contribution < -0.4 is 10.9 Å². The Balaban J connectivity index is 1.75. The van der Waals surface area contributed by atoms with Crippen molar-refractivity contribution in [3.8, 4) is 0 Å². The molecular formula is C22H23F3N4O2. The van der Waals surface area contributed by atoms with Crippen LogP contribution in [0.4, 0.5) is 19.0 Å². The van der Waals surface area contributed by atoms with Crippen molar-refractivity contribution >= 4 is 16.6 Å². The summed E-state index contributed by atoms with van der Waals surface area (Å²) < 4.78 is 47.8. The largest absolute Gasteiger partial charge is 0.381 e. The normalized spacial score (nSPS) is 16.1. The molecule has 1 atom stereocenters. The Bertz CT molecular complexity index is 1160. The Kier molecular flexibility index (Phi) is 5.95. The highest BCUT2D eigenvalue weighted by Gasteiger charge is 2.22. The van der Waals surface area contributed by atoms with Crippen LogP contribution in [0.2, 0.25) is 0 Å². The summed E-state index contributed by atoms with van der Waals surface area (Å²) in [7, 11) is 0. The van der Waals surface area contributed by atoms with E-state index in [9.17, 15) is 18.0 Å². The summed E-state index contributed by atoms with van der Waals surface area (Å²) in [5, 5.41) is 12.7. The van der Waals surface area contributed by atoms with Gasteiger partial charge in [0.1, 0.15) is 5.82 Å². The molecular weight excluding hydrogens is 409 g/mol. The molecule has 0 bridgehead atoms. The topological polar surface area (TPSA) is 69.0 Å². The van der Waals surface area contributed by atoms with E-state index in [1.165, 1.54) is 18.2 Å². The van der Waals surface area contributed by atoms with Gasteiger partial charge in [-0.05, 0) is 26.7 Å². The number of alkyl halides is 2. The first kappa shape index (κ1) is 21.3. The van der Waals surface area contributed by atoms with Crippen LogP contribution >= 0.6 is 0 Å². The number of hydrogen-bond donors (Lipinski definition) is 1. The van der Waals surface area contributed by atoms with Crippen molar-refractivity contribution in [2.24, 2.45) is 0 Å². The van der Waals surface area contributed by atoms with Crippen LogP contribution in [-0.4, -0.2) is 28.0 Å². The molecule has 4 rings (SSSR count). The molecule has 1 fully saturated rings. The van der Waals surface area contributed by atoms with Crippen molar-refractivity contribution in [1.82, 2.24) is 14.8 Å². The number of benzene rings is 1. The average Bonchev–Trinajstić information content (AvgIpc) is 2.76.